The molecule has 3 heterocycles. The first kappa shape index (κ1) is 9.07. The number of benzene rings is 1. The maximum absolute atomic E-state index is 5.36. The van der Waals surface area contributed by atoms with Gasteiger partial charge in [0.25, 0.3) is 0 Å². The smallest absolute Gasteiger partial charge is 0.231 e. The number of rotatable bonds is 1. The molecule has 2 aliphatic heterocycles. The van der Waals surface area contributed by atoms with Gasteiger partial charge < -0.3 is 14.8 Å². The molecule has 0 saturated heterocycles. The highest BCUT2D eigenvalue weighted by Crippen LogP contribution is 2.33. The highest BCUT2D eigenvalue weighted by Gasteiger charge is 2.17. The van der Waals surface area contributed by atoms with Crippen molar-refractivity contribution >= 4 is 0 Å². The van der Waals surface area contributed by atoms with Crippen molar-refractivity contribution in [1.82, 2.24) is 15.1 Å². The predicted molar refractivity (Wildman–Crippen MR) is 60.2 cm³/mol. The number of aromatic nitrogens is 2. The topological polar surface area (TPSA) is 48.3 Å². The molecule has 0 spiro atoms. The molecule has 86 valence electrons. The minimum atomic E-state index is 0.304. The van der Waals surface area contributed by atoms with E-state index in [2.05, 4.69) is 16.6 Å². The molecule has 17 heavy (non-hydrogen) atoms. The lowest BCUT2D eigenvalue weighted by Gasteiger charge is -2.03. The van der Waals surface area contributed by atoms with Crippen LogP contribution >= 0.6 is 0 Å². The molecular weight excluding hydrogens is 218 g/mol. The molecule has 2 aliphatic rings. The highest BCUT2D eigenvalue weighted by atomic mass is 16.7. The Morgan fingerprint density at radius 1 is 1.18 bits per heavy atom. The summed E-state index contributed by atoms with van der Waals surface area (Å²) in [5, 5.41) is 7.81. The summed E-state index contributed by atoms with van der Waals surface area (Å²) in [6, 6.07) is 5.86. The number of ether oxygens (including phenoxy) is 2. The summed E-state index contributed by atoms with van der Waals surface area (Å²) in [6.07, 6.45) is 2.06. The Hall–Kier alpha value is -2.01. The van der Waals surface area contributed by atoms with Crippen LogP contribution in [0, 0.1) is 0 Å². The van der Waals surface area contributed by atoms with Gasteiger partial charge in [-0.05, 0) is 12.1 Å². The molecule has 0 bridgehead atoms. The Bertz CT molecular complexity index is 570. The molecule has 0 atom stereocenters. The zero-order valence-corrected chi connectivity index (χ0v) is 9.14. The Balaban J connectivity index is 1.78. The largest absolute Gasteiger partial charge is 0.454 e. The molecular formula is C12H11N3O2. The molecule has 2 aromatic rings. The number of fused-ring (bicyclic) bond motifs is 2. The fraction of sp³-hybridized carbons (Fsp3) is 0.250. The highest BCUT2D eigenvalue weighted by molar-refractivity contribution is 5.50. The van der Waals surface area contributed by atoms with E-state index in [1.165, 1.54) is 5.56 Å². The van der Waals surface area contributed by atoms with Crippen molar-refractivity contribution in [2.45, 2.75) is 13.1 Å². The second kappa shape index (κ2) is 3.24. The van der Waals surface area contributed by atoms with Gasteiger partial charge in [-0.2, -0.15) is 5.10 Å². The number of hydrogen-bond acceptors (Lipinski definition) is 4. The fourth-order valence-electron chi connectivity index (χ4n) is 2.22. The van der Waals surface area contributed by atoms with E-state index in [-0.39, 0.29) is 0 Å². The van der Waals surface area contributed by atoms with Crippen LogP contribution in [0.2, 0.25) is 0 Å². The van der Waals surface area contributed by atoms with Gasteiger partial charge in [0.1, 0.15) is 0 Å². The van der Waals surface area contributed by atoms with Crippen molar-refractivity contribution in [3.8, 4) is 17.2 Å². The van der Waals surface area contributed by atoms with Crippen LogP contribution < -0.4 is 14.8 Å². The lowest BCUT2D eigenvalue weighted by Crippen LogP contribution is -2.05. The zero-order valence-electron chi connectivity index (χ0n) is 9.14. The average molecular weight is 229 g/mol. The Morgan fingerprint density at radius 3 is 3.06 bits per heavy atom. The van der Waals surface area contributed by atoms with Gasteiger partial charge in [0.2, 0.25) is 6.79 Å². The number of nitrogens with zero attached hydrogens (tertiary/aromatic N) is 2. The Kier molecular flexibility index (Phi) is 1.73. The van der Waals surface area contributed by atoms with Gasteiger partial charge in [-0.3, -0.25) is 0 Å². The minimum Gasteiger partial charge on any atom is -0.454 e. The van der Waals surface area contributed by atoms with Gasteiger partial charge >= 0.3 is 0 Å². The van der Waals surface area contributed by atoms with Gasteiger partial charge in [0, 0.05) is 30.9 Å². The first-order valence-corrected chi connectivity index (χ1v) is 5.58. The summed E-state index contributed by atoms with van der Waals surface area (Å²) < 4.78 is 12.5. The summed E-state index contributed by atoms with van der Waals surface area (Å²) in [5.41, 5.74) is 3.40. The molecule has 0 radical (unpaired) electrons. The monoisotopic (exact) mass is 229 g/mol. The van der Waals surface area contributed by atoms with Crippen LogP contribution in [0.1, 0.15) is 11.3 Å². The third kappa shape index (κ3) is 1.32. The molecule has 1 aromatic heterocycles. The van der Waals surface area contributed by atoms with E-state index >= 15 is 0 Å². The van der Waals surface area contributed by atoms with Crippen molar-refractivity contribution in [1.29, 1.82) is 0 Å². The van der Waals surface area contributed by atoms with Crippen LogP contribution in [0.5, 0.6) is 11.5 Å². The first-order valence-electron chi connectivity index (χ1n) is 5.58. The van der Waals surface area contributed by atoms with E-state index in [1.54, 1.807) is 0 Å². The van der Waals surface area contributed by atoms with E-state index in [9.17, 15) is 0 Å². The van der Waals surface area contributed by atoms with E-state index in [0.29, 0.717) is 6.79 Å². The van der Waals surface area contributed by atoms with Crippen LogP contribution in [0.15, 0.2) is 24.4 Å². The molecule has 0 unspecified atom stereocenters. The van der Waals surface area contributed by atoms with Crippen molar-refractivity contribution in [3.05, 3.63) is 35.7 Å². The molecule has 0 fully saturated rings. The minimum absolute atomic E-state index is 0.304. The standard InChI is InChI=1S/C12H11N3O2/c1-2-11-12(17-7-16-11)3-9(1)15-6-8-4-13-5-10(8)14-15/h1-3,6,13H,4-5,7H2. The van der Waals surface area contributed by atoms with Crippen LogP contribution in [-0.2, 0) is 13.1 Å². The molecule has 1 aromatic carbocycles. The molecule has 5 nitrogen and oxygen atoms in total. The lowest BCUT2D eigenvalue weighted by atomic mass is 10.3. The van der Waals surface area contributed by atoms with E-state index in [1.807, 2.05) is 22.9 Å². The normalized spacial score (nSPS) is 16.2. The van der Waals surface area contributed by atoms with E-state index in [4.69, 9.17) is 9.47 Å². The maximum atomic E-state index is 5.36. The summed E-state index contributed by atoms with van der Waals surface area (Å²) in [4.78, 5) is 0. The first-order chi connectivity index (χ1) is 8.40. The van der Waals surface area contributed by atoms with Crippen molar-refractivity contribution in [3.63, 3.8) is 0 Å². The van der Waals surface area contributed by atoms with Crippen LogP contribution in [-0.4, -0.2) is 16.6 Å². The Morgan fingerprint density at radius 2 is 2.12 bits per heavy atom. The predicted octanol–water partition coefficient (Wildman–Crippen LogP) is 1.20. The lowest BCUT2D eigenvalue weighted by molar-refractivity contribution is 0.174. The summed E-state index contributed by atoms with van der Waals surface area (Å²) in [5.74, 6) is 1.59. The van der Waals surface area contributed by atoms with Gasteiger partial charge in [0.05, 0.1) is 11.4 Å². The molecule has 0 saturated carbocycles. The summed E-state index contributed by atoms with van der Waals surface area (Å²) in [7, 11) is 0. The molecule has 5 heteroatoms. The van der Waals surface area contributed by atoms with Crippen LogP contribution in [0.3, 0.4) is 0 Å². The van der Waals surface area contributed by atoms with Crippen molar-refractivity contribution in [2.24, 2.45) is 0 Å². The average Bonchev–Trinajstić information content (AvgIpc) is 3.02. The second-order valence-corrected chi connectivity index (χ2v) is 4.19. The summed E-state index contributed by atoms with van der Waals surface area (Å²) >= 11 is 0. The fourth-order valence-corrected chi connectivity index (χ4v) is 2.22. The maximum Gasteiger partial charge on any atom is 0.231 e. The Labute approximate surface area is 98.0 Å². The second-order valence-electron chi connectivity index (χ2n) is 4.19. The quantitative estimate of drug-likeness (QED) is 0.798. The van der Waals surface area contributed by atoms with Crippen LogP contribution in [0.25, 0.3) is 5.69 Å². The SMILES string of the molecule is c1cc2c(cc1-n1cc3c(n1)CNC3)OCO2. The molecule has 0 amide bonds. The van der Waals surface area contributed by atoms with Gasteiger partial charge in [0.15, 0.2) is 11.5 Å². The number of hydrogen-bond donors (Lipinski definition) is 1. The van der Waals surface area contributed by atoms with E-state index < -0.39 is 0 Å². The van der Waals surface area contributed by atoms with Gasteiger partial charge in [-0.15, -0.1) is 0 Å². The van der Waals surface area contributed by atoms with Gasteiger partial charge in [-0.1, -0.05) is 0 Å². The van der Waals surface area contributed by atoms with Crippen LogP contribution in [0.4, 0.5) is 0 Å². The zero-order chi connectivity index (χ0) is 11.2. The van der Waals surface area contributed by atoms with Crippen molar-refractivity contribution < 1.29 is 9.47 Å². The molecule has 4 rings (SSSR count). The number of nitrogens with one attached hydrogen (secondary N) is 1. The summed E-state index contributed by atoms with van der Waals surface area (Å²) in [6.45, 7) is 2.06. The molecule has 0 aliphatic carbocycles. The van der Waals surface area contributed by atoms with E-state index in [0.717, 1.165) is 36.0 Å². The third-order valence-corrected chi connectivity index (χ3v) is 3.11. The molecule has 1 N–H and O–H groups in total. The van der Waals surface area contributed by atoms with Gasteiger partial charge in [-0.25, -0.2) is 4.68 Å². The third-order valence-electron chi connectivity index (χ3n) is 3.11. The van der Waals surface area contributed by atoms with Crippen molar-refractivity contribution in [2.75, 3.05) is 6.79 Å².